The molecule has 2 aliphatic rings. The fourth-order valence-electron chi connectivity index (χ4n) is 5.03. The van der Waals surface area contributed by atoms with Crippen molar-refractivity contribution in [2.45, 2.75) is 30.6 Å². The maximum absolute atomic E-state index is 13.5. The Hall–Kier alpha value is -3.49. The van der Waals surface area contributed by atoms with E-state index in [4.69, 9.17) is 4.52 Å². The van der Waals surface area contributed by atoms with Crippen molar-refractivity contribution in [1.82, 2.24) is 9.46 Å². The van der Waals surface area contributed by atoms with Crippen LogP contribution in [0, 0.1) is 0 Å². The van der Waals surface area contributed by atoms with E-state index in [0.717, 1.165) is 41.5 Å². The Kier molecular flexibility index (Phi) is 5.42. The van der Waals surface area contributed by atoms with Crippen LogP contribution in [0.4, 0.5) is 5.69 Å². The number of rotatable bonds is 4. The van der Waals surface area contributed by atoms with Crippen LogP contribution in [-0.4, -0.2) is 43.4 Å². The number of aromatic nitrogens is 1. The summed E-state index contributed by atoms with van der Waals surface area (Å²) in [5.41, 5.74) is 3.77. The van der Waals surface area contributed by atoms with Crippen LogP contribution in [0.2, 0.25) is 0 Å². The van der Waals surface area contributed by atoms with Crippen LogP contribution < -0.4 is 4.90 Å². The number of piperidine rings is 1. The van der Waals surface area contributed by atoms with Crippen LogP contribution in [0.5, 0.6) is 0 Å². The largest absolute Gasteiger partial charge is 0.355 e. The van der Waals surface area contributed by atoms with E-state index in [1.165, 1.54) is 0 Å². The minimum absolute atomic E-state index is 0.127. The zero-order valence-corrected chi connectivity index (χ0v) is 20.0. The summed E-state index contributed by atoms with van der Waals surface area (Å²) in [6.07, 6.45) is 3.49. The number of carbonyl (C=O) groups excluding carboxylic acids is 1. The lowest BCUT2D eigenvalue weighted by Crippen LogP contribution is -2.35. The fourth-order valence-corrected chi connectivity index (χ4v) is 6.60. The molecule has 1 aromatic heterocycles. The number of amides is 1. The lowest BCUT2D eigenvalue weighted by Gasteiger charge is -2.26. The van der Waals surface area contributed by atoms with E-state index >= 15 is 0 Å². The predicted molar refractivity (Wildman–Crippen MR) is 134 cm³/mol. The monoisotopic (exact) mass is 487 g/mol. The van der Waals surface area contributed by atoms with E-state index in [1.807, 2.05) is 36.4 Å². The maximum Gasteiger partial charge on any atom is 0.258 e. The van der Waals surface area contributed by atoms with Gasteiger partial charge in [-0.05, 0) is 61.2 Å². The second-order valence-electron chi connectivity index (χ2n) is 9.07. The molecule has 178 valence electrons. The molecule has 4 aromatic rings. The summed E-state index contributed by atoms with van der Waals surface area (Å²) >= 11 is 0. The van der Waals surface area contributed by atoms with Crippen LogP contribution in [0.3, 0.4) is 0 Å². The number of hydrogen-bond donors (Lipinski definition) is 0. The van der Waals surface area contributed by atoms with Crippen molar-refractivity contribution in [3.63, 3.8) is 0 Å². The number of fused-ring (bicyclic) bond motifs is 2. The number of benzene rings is 3. The molecule has 0 bridgehead atoms. The van der Waals surface area contributed by atoms with E-state index < -0.39 is 10.0 Å². The quantitative estimate of drug-likeness (QED) is 0.410. The zero-order valence-electron chi connectivity index (χ0n) is 19.2. The Morgan fingerprint density at radius 2 is 1.69 bits per heavy atom. The van der Waals surface area contributed by atoms with Crippen molar-refractivity contribution in [1.29, 1.82) is 0 Å². The minimum Gasteiger partial charge on any atom is -0.355 e. The SMILES string of the molecule is O=C(c1ccc2noc(-c3ccccc3)c2c1)N1CCc2cc(S(=O)(=O)N3CCCCC3)ccc21. The highest BCUT2D eigenvalue weighted by atomic mass is 32.2. The van der Waals surface area contributed by atoms with E-state index in [9.17, 15) is 13.2 Å². The van der Waals surface area contributed by atoms with Gasteiger partial charge in [0.05, 0.1) is 10.3 Å². The summed E-state index contributed by atoms with van der Waals surface area (Å²) in [6.45, 7) is 1.65. The molecule has 7 nitrogen and oxygen atoms in total. The van der Waals surface area contributed by atoms with Crippen LogP contribution >= 0.6 is 0 Å². The number of carbonyl (C=O) groups is 1. The van der Waals surface area contributed by atoms with Gasteiger partial charge in [-0.2, -0.15) is 4.31 Å². The number of hydrogen-bond acceptors (Lipinski definition) is 5. The van der Waals surface area contributed by atoms with Gasteiger partial charge in [-0.15, -0.1) is 0 Å². The Bertz CT molecular complexity index is 1520. The second-order valence-corrected chi connectivity index (χ2v) is 11.0. The molecule has 0 N–H and O–H groups in total. The van der Waals surface area contributed by atoms with Gasteiger partial charge >= 0.3 is 0 Å². The topological polar surface area (TPSA) is 83.7 Å². The lowest BCUT2D eigenvalue weighted by molar-refractivity contribution is 0.0989. The Balaban J connectivity index is 1.30. The van der Waals surface area contributed by atoms with Gasteiger partial charge in [0.15, 0.2) is 5.76 Å². The van der Waals surface area contributed by atoms with Crippen molar-refractivity contribution in [3.05, 3.63) is 77.9 Å². The van der Waals surface area contributed by atoms with Crippen LogP contribution in [0.1, 0.15) is 35.2 Å². The molecule has 8 heteroatoms. The summed E-state index contributed by atoms with van der Waals surface area (Å²) in [5.74, 6) is 0.502. The summed E-state index contributed by atoms with van der Waals surface area (Å²) in [6, 6.07) is 20.2. The number of nitrogens with zero attached hydrogens (tertiary/aromatic N) is 3. The highest BCUT2D eigenvalue weighted by Crippen LogP contribution is 2.34. The van der Waals surface area contributed by atoms with Crippen molar-refractivity contribution in [2.75, 3.05) is 24.5 Å². The molecule has 3 aromatic carbocycles. The van der Waals surface area contributed by atoms with Crippen molar-refractivity contribution < 1.29 is 17.7 Å². The molecule has 1 saturated heterocycles. The van der Waals surface area contributed by atoms with Crippen LogP contribution in [-0.2, 0) is 16.4 Å². The Morgan fingerprint density at radius 3 is 2.49 bits per heavy atom. The first-order valence-corrected chi connectivity index (χ1v) is 13.4. The third-order valence-electron chi connectivity index (χ3n) is 6.90. The molecule has 0 spiro atoms. The van der Waals surface area contributed by atoms with Gasteiger partial charge in [0.2, 0.25) is 10.0 Å². The molecule has 1 amide bonds. The lowest BCUT2D eigenvalue weighted by atomic mass is 10.1. The van der Waals surface area contributed by atoms with E-state index in [1.54, 1.807) is 39.5 Å². The van der Waals surface area contributed by atoms with Gasteiger partial charge in [0.1, 0.15) is 5.52 Å². The molecule has 6 rings (SSSR count). The molecule has 0 atom stereocenters. The first kappa shape index (κ1) is 22.0. The van der Waals surface area contributed by atoms with Crippen LogP contribution in [0.25, 0.3) is 22.2 Å². The first-order valence-electron chi connectivity index (χ1n) is 11.9. The van der Waals surface area contributed by atoms with Gasteiger partial charge in [-0.1, -0.05) is 41.9 Å². The molecule has 3 heterocycles. The molecule has 0 saturated carbocycles. The molecule has 0 radical (unpaired) electrons. The van der Waals surface area contributed by atoms with Crippen molar-refractivity contribution in [2.24, 2.45) is 0 Å². The van der Waals surface area contributed by atoms with Crippen molar-refractivity contribution >= 4 is 32.5 Å². The smallest absolute Gasteiger partial charge is 0.258 e. The third-order valence-corrected chi connectivity index (χ3v) is 8.80. The number of sulfonamides is 1. The zero-order chi connectivity index (χ0) is 24.0. The van der Waals surface area contributed by atoms with Gasteiger partial charge in [-0.3, -0.25) is 4.79 Å². The van der Waals surface area contributed by atoms with Gasteiger partial charge in [0.25, 0.3) is 5.91 Å². The standard InChI is InChI=1S/C27H25N3O4S/c31-27(21-9-11-24-23(18-21)26(34-28-24)19-7-3-1-4-8-19)30-16-13-20-17-22(10-12-25(20)30)35(32,33)29-14-5-2-6-15-29/h1,3-4,7-12,17-18H,2,5-6,13-16H2. The highest BCUT2D eigenvalue weighted by Gasteiger charge is 2.30. The molecule has 0 unspecified atom stereocenters. The van der Waals surface area contributed by atoms with Gasteiger partial charge in [0, 0.05) is 36.4 Å². The fraction of sp³-hybridized carbons (Fsp3) is 0.259. The van der Waals surface area contributed by atoms with Crippen molar-refractivity contribution in [3.8, 4) is 11.3 Å². The molecule has 2 aliphatic heterocycles. The summed E-state index contributed by atoms with van der Waals surface area (Å²) in [5, 5.41) is 4.92. The predicted octanol–water partition coefficient (Wildman–Crippen LogP) is 4.87. The molecular weight excluding hydrogens is 462 g/mol. The molecule has 35 heavy (non-hydrogen) atoms. The van der Waals surface area contributed by atoms with Crippen LogP contribution in [0.15, 0.2) is 76.1 Å². The maximum atomic E-state index is 13.5. The second kappa shape index (κ2) is 8.62. The Labute approximate surface area is 204 Å². The summed E-state index contributed by atoms with van der Waals surface area (Å²) in [7, 11) is -3.51. The minimum atomic E-state index is -3.51. The third kappa shape index (κ3) is 3.83. The molecular formula is C27H25N3O4S. The average molecular weight is 488 g/mol. The van der Waals surface area contributed by atoms with Gasteiger partial charge in [-0.25, -0.2) is 8.42 Å². The summed E-state index contributed by atoms with van der Waals surface area (Å²) in [4.78, 5) is 15.5. The molecule has 0 aliphatic carbocycles. The highest BCUT2D eigenvalue weighted by molar-refractivity contribution is 7.89. The normalized spacial score (nSPS) is 16.5. The Morgan fingerprint density at radius 1 is 0.886 bits per heavy atom. The van der Waals surface area contributed by atoms with E-state index in [2.05, 4.69) is 5.16 Å². The molecule has 1 fully saturated rings. The summed E-state index contributed by atoms with van der Waals surface area (Å²) < 4.78 is 33.4. The van der Waals surface area contributed by atoms with E-state index in [0.29, 0.717) is 47.8 Å². The number of anilines is 1. The first-order chi connectivity index (χ1) is 17.0. The van der Waals surface area contributed by atoms with Gasteiger partial charge < -0.3 is 9.42 Å². The van der Waals surface area contributed by atoms with E-state index in [-0.39, 0.29) is 5.91 Å². The average Bonchev–Trinajstić information content (AvgIpc) is 3.53.